The summed E-state index contributed by atoms with van der Waals surface area (Å²) in [4.78, 5) is 25.0. The molecule has 0 spiro atoms. The smallest absolute Gasteiger partial charge is 0.307 e. The topological polar surface area (TPSA) is 69.6 Å². The molecule has 25 heavy (non-hydrogen) atoms. The second-order valence-corrected chi connectivity index (χ2v) is 7.42. The Bertz CT molecular complexity index is 568. The van der Waals surface area contributed by atoms with Crippen LogP contribution in [0.3, 0.4) is 0 Å². The summed E-state index contributed by atoms with van der Waals surface area (Å²) in [5.74, 6) is -1.36. The number of benzene rings is 1. The molecule has 1 aliphatic rings. The lowest BCUT2D eigenvalue weighted by atomic mass is 9.69. The van der Waals surface area contributed by atoms with Gasteiger partial charge in [0.2, 0.25) is 5.91 Å². The van der Waals surface area contributed by atoms with Gasteiger partial charge in [-0.3, -0.25) is 14.5 Å². The van der Waals surface area contributed by atoms with Gasteiger partial charge < -0.3 is 10.4 Å². The number of aliphatic carboxylic acids is 1. The lowest BCUT2D eigenvalue weighted by molar-refractivity contribution is -0.142. The van der Waals surface area contributed by atoms with Crippen LogP contribution < -0.4 is 5.32 Å². The Morgan fingerprint density at radius 1 is 1.20 bits per heavy atom. The number of hydrogen-bond acceptors (Lipinski definition) is 3. The fourth-order valence-electron chi connectivity index (χ4n) is 3.77. The van der Waals surface area contributed by atoms with E-state index in [0.29, 0.717) is 13.1 Å². The molecule has 1 aliphatic carbocycles. The van der Waals surface area contributed by atoms with Crippen molar-refractivity contribution < 1.29 is 14.7 Å². The standard InChI is InChI=1S/C20H30N2O3/c1-16(19(24)25)13-22(2)14-18(23)21-15-20(11-7-4-8-12-20)17-9-5-3-6-10-17/h3,5-6,9-10,16H,4,7-8,11-15H2,1-2H3,(H,21,23)(H,24,25). The summed E-state index contributed by atoms with van der Waals surface area (Å²) in [6.45, 7) is 2.90. The molecule has 1 aromatic carbocycles. The average molecular weight is 346 g/mol. The minimum absolute atomic E-state index is 0.0299. The van der Waals surface area contributed by atoms with Crippen LogP contribution in [0, 0.1) is 5.92 Å². The van der Waals surface area contributed by atoms with Crippen molar-refractivity contribution in [2.24, 2.45) is 5.92 Å². The molecule has 2 N–H and O–H groups in total. The van der Waals surface area contributed by atoms with E-state index in [4.69, 9.17) is 5.11 Å². The highest BCUT2D eigenvalue weighted by Gasteiger charge is 2.34. The molecule has 1 fully saturated rings. The summed E-state index contributed by atoms with van der Waals surface area (Å²) in [5.41, 5.74) is 1.34. The summed E-state index contributed by atoms with van der Waals surface area (Å²) < 4.78 is 0. The number of carboxylic acids is 1. The molecule has 5 nitrogen and oxygen atoms in total. The van der Waals surface area contributed by atoms with Crippen molar-refractivity contribution in [1.29, 1.82) is 0 Å². The van der Waals surface area contributed by atoms with E-state index < -0.39 is 11.9 Å². The van der Waals surface area contributed by atoms with Gasteiger partial charge in [-0.05, 0) is 25.5 Å². The van der Waals surface area contributed by atoms with E-state index in [1.54, 1.807) is 18.9 Å². The highest BCUT2D eigenvalue weighted by atomic mass is 16.4. The van der Waals surface area contributed by atoms with Crippen LogP contribution in [0.5, 0.6) is 0 Å². The summed E-state index contributed by atoms with van der Waals surface area (Å²) in [5, 5.41) is 12.1. The third kappa shape index (κ3) is 5.56. The summed E-state index contributed by atoms with van der Waals surface area (Å²) >= 11 is 0. The van der Waals surface area contributed by atoms with Crippen molar-refractivity contribution in [3.8, 4) is 0 Å². The Hall–Kier alpha value is -1.88. The molecule has 0 aliphatic heterocycles. The van der Waals surface area contributed by atoms with Crippen LogP contribution in [0.2, 0.25) is 0 Å². The van der Waals surface area contributed by atoms with E-state index in [1.807, 2.05) is 6.07 Å². The lowest BCUT2D eigenvalue weighted by Gasteiger charge is -2.38. The maximum atomic E-state index is 12.3. The van der Waals surface area contributed by atoms with Gasteiger partial charge in [-0.25, -0.2) is 0 Å². The third-order valence-corrected chi connectivity index (χ3v) is 5.24. The Labute approximate surface area is 150 Å². The molecular weight excluding hydrogens is 316 g/mol. The molecule has 0 radical (unpaired) electrons. The van der Waals surface area contributed by atoms with Gasteiger partial charge in [-0.15, -0.1) is 0 Å². The average Bonchev–Trinajstić information content (AvgIpc) is 2.61. The Morgan fingerprint density at radius 3 is 2.44 bits per heavy atom. The van der Waals surface area contributed by atoms with Gasteiger partial charge in [0, 0.05) is 18.5 Å². The van der Waals surface area contributed by atoms with Crippen LogP contribution in [0.4, 0.5) is 0 Å². The number of carboxylic acid groups (broad SMARTS) is 1. The zero-order valence-corrected chi connectivity index (χ0v) is 15.3. The molecule has 1 atom stereocenters. The van der Waals surface area contributed by atoms with Gasteiger partial charge in [-0.2, -0.15) is 0 Å². The predicted molar refractivity (Wildman–Crippen MR) is 98.5 cm³/mol. The van der Waals surface area contributed by atoms with Crippen molar-refractivity contribution in [1.82, 2.24) is 10.2 Å². The first-order valence-electron chi connectivity index (χ1n) is 9.16. The minimum atomic E-state index is -0.836. The van der Waals surface area contributed by atoms with Crippen molar-refractivity contribution in [2.45, 2.75) is 44.4 Å². The fourth-order valence-corrected chi connectivity index (χ4v) is 3.77. The van der Waals surface area contributed by atoms with E-state index in [1.165, 1.54) is 24.8 Å². The normalized spacial score (nSPS) is 17.9. The molecule has 0 bridgehead atoms. The lowest BCUT2D eigenvalue weighted by Crippen LogP contribution is -2.45. The van der Waals surface area contributed by atoms with Crippen LogP contribution in [-0.2, 0) is 15.0 Å². The van der Waals surface area contributed by atoms with Gasteiger partial charge in [0.15, 0.2) is 0 Å². The second kappa shape index (κ2) is 8.99. The van der Waals surface area contributed by atoms with Crippen LogP contribution in [0.15, 0.2) is 30.3 Å². The van der Waals surface area contributed by atoms with Crippen LogP contribution in [0.1, 0.15) is 44.6 Å². The summed E-state index contributed by atoms with van der Waals surface area (Å²) in [6, 6.07) is 10.5. The van der Waals surface area contributed by atoms with Crippen molar-refractivity contribution in [3.05, 3.63) is 35.9 Å². The van der Waals surface area contributed by atoms with Gasteiger partial charge in [0.25, 0.3) is 0 Å². The van der Waals surface area contributed by atoms with E-state index in [-0.39, 0.29) is 17.9 Å². The molecule has 5 heteroatoms. The highest BCUT2D eigenvalue weighted by molar-refractivity contribution is 5.78. The van der Waals surface area contributed by atoms with E-state index in [9.17, 15) is 9.59 Å². The molecule has 0 aromatic heterocycles. The quantitative estimate of drug-likeness (QED) is 0.759. The number of likely N-dealkylation sites (N-methyl/N-ethyl adjacent to an activating group) is 1. The SMILES string of the molecule is CC(CN(C)CC(=O)NCC1(c2ccccc2)CCCCC1)C(=O)O. The molecule has 1 saturated carbocycles. The first kappa shape index (κ1) is 19.4. The Kier molecular flexibility index (Phi) is 7.00. The molecule has 138 valence electrons. The second-order valence-electron chi connectivity index (χ2n) is 7.42. The monoisotopic (exact) mass is 346 g/mol. The van der Waals surface area contributed by atoms with Crippen LogP contribution >= 0.6 is 0 Å². The zero-order valence-electron chi connectivity index (χ0n) is 15.3. The fraction of sp³-hybridized carbons (Fsp3) is 0.600. The van der Waals surface area contributed by atoms with Crippen LogP contribution in [0.25, 0.3) is 0 Å². The first-order chi connectivity index (χ1) is 11.9. The highest BCUT2D eigenvalue weighted by Crippen LogP contribution is 2.38. The van der Waals surface area contributed by atoms with E-state index in [0.717, 1.165) is 12.8 Å². The number of rotatable bonds is 8. The van der Waals surface area contributed by atoms with Crippen molar-refractivity contribution in [2.75, 3.05) is 26.7 Å². The zero-order chi connectivity index (χ0) is 18.3. The Morgan fingerprint density at radius 2 is 1.84 bits per heavy atom. The number of carbonyl (C=O) groups is 2. The van der Waals surface area contributed by atoms with E-state index in [2.05, 4.69) is 29.6 Å². The molecular formula is C20H30N2O3. The maximum absolute atomic E-state index is 12.3. The molecule has 0 saturated heterocycles. The molecule has 1 unspecified atom stereocenters. The van der Waals surface area contributed by atoms with Gasteiger partial charge in [-0.1, -0.05) is 56.5 Å². The largest absolute Gasteiger partial charge is 0.481 e. The maximum Gasteiger partial charge on any atom is 0.307 e. The van der Waals surface area contributed by atoms with Gasteiger partial charge in [0.05, 0.1) is 12.5 Å². The molecule has 1 amide bonds. The van der Waals surface area contributed by atoms with Crippen molar-refractivity contribution >= 4 is 11.9 Å². The summed E-state index contributed by atoms with van der Waals surface area (Å²) in [6.07, 6.45) is 5.85. The van der Waals surface area contributed by atoms with Crippen LogP contribution in [-0.4, -0.2) is 48.6 Å². The van der Waals surface area contributed by atoms with Gasteiger partial charge in [0.1, 0.15) is 0 Å². The number of hydrogen-bond donors (Lipinski definition) is 2. The van der Waals surface area contributed by atoms with Crippen molar-refractivity contribution in [3.63, 3.8) is 0 Å². The molecule has 2 rings (SSSR count). The predicted octanol–water partition coefficient (Wildman–Crippen LogP) is 2.66. The number of amides is 1. The molecule has 1 aromatic rings. The minimum Gasteiger partial charge on any atom is -0.481 e. The Balaban J connectivity index is 1.92. The molecule has 0 heterocycles. The number of carbonyl (C=O) groups excluding carboxylic acids is 1. The number of nitrogens with one attached hydrogen (secondary N) is 1. The first-order valence-corrected chi connectivity index (χ1v) is 9.16. The van der Waals surface area contributed by atoms with Gasteiger partial charge >= 0.3 is 5.97 Å². The third-order valence-electron chi connectivity index (χ3n) is 5.24. The summed E-state index contributed by atoms with van der Waals surface area (Å²) in [7, 11) is 1.78. The number of nitrogens with zero attached hydrogens (tertiary/aromatic N) is 1. The van der Waals surface area contributed by atoms with E-state index >= 15 is 0 Å².